The fraction of sp³-hybridized carbons (Fsp3) is 0.429. The molecule has 0 spiro atoms. The molecule has 0 saturated heterocycles. The number of hydrogen-bond donors (Lipinski definition) is 2. The van der Waals surface area contributed by atoms with E-state index in [-0.39, 0.29) is 62.9 Å². The first-order chi connectivity index (χ1) is 21.4. The molecule has 0 bridgehead atoms. The SMILES string of the molecule is CC(=O)OCCCNC(=O)C(Cc1ccccc1)N(C)C(=O)C(Cc1ccc2ccccc2c1)N(C)C(=O)COCC(C)(C)N. The number of esters is 1. The molecule has 2 atom stereocenters. The fourth-order valence-electron chi connectivity index (χ4n) is 4.90. The number of ether oxygens (including phenoxy) is 2. The summed E-state index contributed by atoms with van der Waals surface area (Å²) in [5.74, 6) is -1.48. The Balaban J connectivity index is 1.87. The molecule has 45 heavy (non-hydrogen) atoms. The van der Waals surface area contributed by atoms with Gasteiger partial charge in [-0.05, 0) is 42.2 Å². The van der Waals surface area contributed by atoms with Crippen LogP contribution in [0.15, 0.2) is 72.8 Å². The summed E-state index contributed by atoms with van der Waals surface area (Å²) >= 11 is 0. The number of likely N-dealkylation sites (N-methyl/N-ethyl adjacent to an activating group) is 2. The molecule has 10 heteroatoms. The van der Waals surface area contributed by atoms with Gasteiger partial charge in [0.1, 0.15) is 18.7 Å². The van der Waals surface area contributed by atoms with Crippen LogP contribution in [0.4, 0.5) is 0 Å². The van der Waals surface area contributed by atoms with Gasteiger partial charge in [-0.15, -0.1) is 0 Å². The molecule has 10 nitrogen and oxygen atoms in total. The van der Waals surface area contributed by atoms with Crippen molar-refractivity contribution in [3.63, 3.8) is 0 Å². The lowest BCUT2D eigenvalue weighted by Gasteiger charge is -2.35. The van der Waals surface area contributed by atoms with E-state index < -0.39 is 17.6 Å². The Morgan fingerprint density at radius 3 is 2.16 bits per heavy atom. The topological polar surface area (TPSA) is 131 Å². The first kappa shape index (κ1) is 35.2. The predicted molar refractivity (Wildman–Crippen MR) is 174 cm³/mol. The Bertz CT molecular complexity index is 1440. The van der Waals surface area contributed by atoms with Crippen molar-refractivity contribution >= 4 is 34.5 Å². The second-order valence-corrected chi connectivity index (χ2v) is 12.0. The van der Waals surface area contributed by atoms with Gasteiger partial charge in [0.2, 0.25) is 17.7 Å². The van der Waals surface area contributed by atoms with E-state index in [9.17, 15) is 19.2 Å². The molecule has 3 aromatic rings. The predicted octanol–water partition coefficient (Wildman–Crippen LogP) is 3.10. The Hall–Kier alpha value is -4.28. The van der Waals surface area contributed by atoms with E-state index in [0.717, 1.165) is 21.9 Å². The van der Waals surface area contributed by atoms with Crippen LogP contribution >= 0.6 is 0 Å². The lowest BCUT2D eigenvalue weighted by Crippen LogP contribution is -2.56. The van der Waals surface area contributed by atoms with Crippen molar-refractivity contribution in [1.29, 1.82) is 0 Å². The molecule has 0 heterocycles. The van der Waals surface area contributed by atoms with E-state index in [4.69, 9.17) is 15.2 Å². The molecule has 0 radical (unpaired) electrons. The van der Waals surface area contributed by atoms with Crippen molar-refractivity contribution in [3.8, 4) is 0 Å². The monoisotopic (exact) mass is 618 g/mol. The van der Waals surface area contributed by atoms with Gasteiger partial charge in [-0.3, -0.25) is 19.2 Å². The van der Waals surface area contributed by atoms with Crippen LogP contribution in [0.1, 0.15) is 38.3 Å². The maximum absolute atomic E-state index is 14.3. The van der Waals surface area contributed by atoms with Gasteiger partial charge >= 0.3 is 5.97 Å². The molecule has 3 amide bonds. The Morgan fingerprint density at radius 2 is 1.49 bits per heavy atom. The molecule has 0 fully saturated rings. The van der Waals surface area contributed by atoms with Crippen LogP contribution in [0, 0.1) is 0 Å². The first-order valence-electron chi connectivity index (χ1n) is 15.2. The van der Waals surface area contributed by atoms with Crippen LogP contribution in [-0.4, -0.2) is 91.6 Å². The quantitative estimate of drug-likeness (QED) is 0.186. The summed E-state index contributed by atoms with van der Waals surface area (Å²) in [5, 5.41) is 4.97. The minimum absolute atomic E-state index is 0.173. The van der Waals surface area contributed by atoms with Gasteiger partial charge in [-0.2, -0.15) is 0 Å². The van der Waals surface area contributed by atoms with E-state index >= 15 is 0 Å². The Labute approximate surface area is 265 Å². The van der Waals surface area contributed by atoms with E-state index in [0.29, 0.717) is 6.42 Å². The third-order valence-corrected chi connectivity index (χ3v) is 7.40. The summed E-state index contributed by atoms with van der Waals surface area (Å²) in [6, 6.07) is 21.6. The molecule has 0 aliphatic heterocycles. The van der Waals surface area contributed by atoms with Crippen molar-refractivity contribution in [3.05, 3.63) is 83.9 Å². The number of carbonyl (C=O) groups is 4. The summed E-state index contributed by atoms with van der Waals surface area (Å²) in [7, 11) is 3.17. The highest BCUT2D eigenvalue weighted by Crippen LogP contribution is 2.20. The standard InChI is InChI=1S/C35H46N4O6/c1-25(40)45-19-11-18-37-33(42)30(21-26-12-7-6-8-13-26)39(5)34(43)31(38(4)32(41)23-44-24-35(2,3)36)22-27-16-17-28-14-9-10-15-29(28)20-27/h6-10,12-17,20,30-31H,11,18-19,21-24,36H2,1-5H3,(H,37,42). The van der Waals surface area contributed by atoms with Crippen LogP contribution in [-0.2, 0) is 41.5 Å². The second-order valence-electron chi connectivity index (χ2n) is 12.0. The molecule has 2 unspecified atom stereocenters. The number of nitrogens with one attached hydrogen (secondary N) is 1. The summed E-state index contributed by atoms with van der Waals surface area (Å²) in [6.45, 7) is 5.32. The molecule has 0 aliphatic rings. The third kappa shape index (κ3) is 11.3. The maximum Gasteiger partial charge on any atom is 0.302 e. The van der Waals surface area contributed by atoms with E-state index in [1.165, 1.54) is 16.7 Å². The molecule has 0 aliphatic carbocycles. The Kier molecular flexibility index (Phi) is 13.1. The lowest BCUT2D eigenvalue weighted by atomic mass is 9.98. The van der Waals surface area contributed by atoms with E-state index in [2.05, 4.69) is 5.32 Å². The lowest BCUT2D eigenvalue weighted by molar-refractivity contribution is -0.149. The number of nitrogens with zero attached hydrogens (tertiary/aromatic N) is 2. The molecule has 3 rings (SSSR count). The molecule has 242 valence electrons. The van der Waals surface area contributed by atoms with Crippen molar-refractivity contribution in [2.45, 2.75) is 57.7 Å². The number of fused-ring (bicyclic) bond motifs is 1. The average Bonchev–Trinajstić information content (AvgIpc) is 3.00. The fourth-order valence-corrected chi connectivity index (χ4v) is 4.90. The number of benzene rings is 3. The molecular weight excluding hydrogens is 572 g/mol. The highest BCUT2D eigenvalue weighted by atomic mass is 16.5. The van der Waals surface area contributed by atoms with E-state index in [1.807, 2.05) is 72.8 Å². The van der Waals surface area contributed by atoms with Gasteiger partial charge in [0.25, 0.3) is 0 Å². The molecule has 0 aromatic heterocycles. The maximum atomic E-state index is 14.3. The van der Waals surface area contributed by atoms with Crippen molar-refractivity contribution in [2.75, 3.05) is 40.5 Å². The zero-order valence-corrected chi connectivity index (χ0v) is 27.0. The summed E-state index contributed by atoms with van der Waals surface area (Å²) in [5.41, 5.74) is 7.15. The second kappa shape index (κ2) is 16.7. The molecule has 3 N–H and O–H groups in total. The van der Waals surface area contributed by atoms with Gasteiger partial charge in [0.15, 0.2) is 0 Å². The number of hydrogen-bond acceptors (Lipinski definition) is 7. The number of rotatable bonds is 16. The zero-order valence-electron chi connectivity index (χ0n) is 27.0. The van der Waals surface area contributed by atoms with Gasteiger partial charge < -0.3 is 30.3 Å². The number of amides is 3. The summed E-state index contributed by atoms with van der Waals surface area (Å²) in [4.78, 5) is 55.1. The van der Waals surface area contributed by atoms with Crippen LogP contribution in [0.3, 0.4) is 0 Å². The van der Waals surface area contributed by atoms with Crippen molar-refractivity contribution in [2.24, 2.45) is 5.73 Å². The van der Waals surface area contributed by atoms with Crippen LogP contribution in [0.25, 0.3) is 10.8 Å². The minimum atomic E-state index is -0.909. The van der Waals surface area contributed by atoms with Crippen LogP contribution in [0.5, 0.6) is 0 Å². The highest BCUT2D eigenvalue weighted by molar-refractivity contribution is 5.92. The molecular formula is C35H46N4O6. The minimum Gasteiger partial charge on any atom is -0.466 e. The highest BCUT2D eigenvalue weighted by Gasteiger charge is 2.35. The van der Waals surface area contributed by atoms with Crippen LogP contribution < -0.4 is 11.1 Å². The van der Waals surface area contributed by atoms with Crippen molar-refractivity contribution < 1.29 is 28.7 Å². The summed E-state index contributed by atoms with van der Waals surface area (Å²) < 4.78 is 10.6. The largest absolute Gasteiger partial charge is 0.466 e. The van der Waals surface area contributed by atoms with E-state index in [1.54, 1.807) is 27.9 Å². The molecule has 3 aromatic carbocycles. The zero-order chi connectivity index (χ0) is 33.0. The average molecular weight is 619 g/mol. The van der Waals surface area contributed by atoms with Gasteiger partial charge in [0.05, 0.1) is 13.2 Å². The third-order valence-electron chi connectivity index (χ3n) is 7.40. The summed E-state index contributed by atoms with van der Waals surface area (Å²) in [6.07, 6.45) is 0.942. The first-order valence-corrected chi connectivity index (χ1v) is 15.2. The smallest absolute Gasteiger partial charge is 0.302 e. The number of nitrogens with two attached hydrogens (primary N) is 1. The Morgan fingerprint density at radius 1 is 0.844 bits per heavy atom. The van der Waals surface area contributed by atoms with Crippen molar-refractivity contribution in [1.82, 2.24) is 15.1 Å². The van der Waals surface area contributed by atoms with Gasteiger partial charge in [-0.25, -0.2) is 0 Å². The van der Waals surface area contributed by atoms with Gasteiger partial charge in [-0.1, -0.05) is 72.8 Å². The molecule has 0 saturated carbocycles. The van der Waals surface area contributed by atoms with Crippen LogP contribution in [0.2, 0.25) is 0 Å². The van der Waals surface area contributed by atoms with Gasteiger partial charge in [0, 0.05) is 45.9 Å². The normalized spacial score (nSPS) is 12.7. The number of carbonyl (C=O) groups excluding carboxylic acids is 4.